The summed E-state index contributed by atoms with van der Waals surface area (Å²) in [6.07, 6.45) is 2.91. The number of nitrogens with one attached hydrogen (secondary N) is 1. The number of pyridine rings is 1. The third-order valence-corrected chi connectivity index (χ3v) is 3.96. The van der Waals surface area contributed by atoms with Crippen LogP contribution in [0.25, 0.3) is 0 Å². The van der Waals surface area contributed by atoms with Crippen LogP contribution in [0.4, 0.5) is 11.4 Å². The highest BCUT2D eigenvalue weighted by Crippen LogP contribution is 2.27. The van der Waals surface area contributed by atoms with Crippen molar-refractivity contribution in [2.75, 3.05) is 12.4 Å². The highest BCUT2D eigenvalue weighted by molar-refractivity contribution is 9.10. The molecule has 0 bridgehead atoms. The summed E-state index contributed by atoms with van der Waals surface area (Å²) in [5.41, 5.74) is 2.58. The van der Waals surface area contributed by atoms with Gasteiger partial charge in [0.05, 0.1) is 7.11 Å². The molecule has 0 aliphatic carbocycles. The molecule has 0 fully saturated rings. The van der Waals surface area contributed by atoms with Crippen LogP contribution in [0.5, 0.6) is 11.5 Å². The van der Waals surface area contributed by atoms with Gasteiger partial charge in [-0.05, 0) is 35.9 Å². The van der Waals surface area contributed by atoms with Crippen molar-refractivity contribution in [3.05, 3.63) is 82.2 Å². The van der Waals surface area contributed by atoms with Crippen LogP contribution >= 0.6 is 15.9 Å². The van der Waals surface area contributed by atoms with Crippen molar-refractivity contribution in [1.82, 2.24) is 0 Å². The molecule has 0 atom stereocenters. The Morgan fingerprint density at radius 1 is 1.04 bits per heavy atom. The number of anilines is 2. The van der Waals surface area contributed by atoms with Crippen LogP contribution in [0.2, 0.25) is 0 Å². The number of benzene rings is 2. The van der Waals surface area contributed by atoms with E-state index in [1.807, 2.05) is 48.5 Å². The maximum absolute atomic E-state index is 11.4. The third-order valence-electron chi connectivity index (χ3n) is 3.50. The molecule has 25 heavy (non-hydrogen) atoms. The van der Waals surface area contributed by atoms with Crippen molar-refractivity contribution < 1.29 is 14.2 Å². The Kier molecular flexibility index (Phi) is 5.40. The molecule has 0 radical (unpaired) electrons. The Labute approximate surface area is 154 Å². The highest BCUT2D eigenvalue weighted by Gasteiger charge is 2.04. The van der Waals surface area contributed by atoms with Crippen molar-refractivity contribution in [2.45, 2.75) is 6.61 Å². The van der Waals surface area contributed by atoms with Crippen LogP contribution in [0.3, 0.4) is 0 Å². The fourth-order valence-corrected chi connectivity index (χ4v) is 2.77. The molecule has 0 saturated carbocycles. The summed E-state index contributed by atoms with van der Waals surface area (Å²) in [6.45, 7) is 0.450. The number of aromatic nitrogens is 1. The Morgan fingerprint density at radius 2 is 1.84 bits per heavy atom. The monoisotopic (exact) mass is 400 g/mol. The molecule has 0 spiro atoms. The molecule has 1 heterocycles. The summed E-state index contributed by atoms with van der Waals surface area (Å²) in [7, 11) is 1.64. The van der Waals surface area contributed by atoms with Gasteiger partial charge in [-0.25, -0.2) is 0 Å². The van der Waals surface area contributed by atoms with E-state index in [4.69, 9.17) is 9.47 Å². The Hall–Kier alpha value is -2.73. The molecular formula is C19H17BrN2O3. The zero-order valence-corrected chi connectivity index (χ0v) is 15.2. The average Bonchev–Trinajstić information content (AvgIpc) is 2.60. The van der Waals surface area contributed by atoms with Crippen molar-refractivity contribution in [1.29, 1.82) is 0 Å². The predicted molar refractivity (Wildman–Crippen MR) is 100 cm³/mol. The topological polar surface area (TPSA) is 57.4 Å². The molecule has 5 nitrogen and oxygen atoms in total. The SMILES string of the molecule is COc1ccc(COc2cc(Br)cc(Nc3ccc[n+]([O-])c3)c2)cc1. The molecule has 0 aliphatic heterocycles. The summed E-state index contributed by atoms with van der Waals surface area (Å²) >= 11 is 3.48. The molecule has 3 rings (SSSR count). The molecule has 1 N–H and O–H groups in total. The van der Waals surface area contributed by atoms with E-state index in [1.54, 1.807) is 13.2 Å². The number of hydrogen-bond donors (Lipinski definition) is 1. The first kappa shape index (κ1) is 17.1. The minimum atomic E-state index is 0.450. The Balaban J connectivity index is 1.70. The molecule has 0 amide bonds. The van der Waals surface area contributed by atoms with Crippen molar-refractivity contribution >= 4 is 27.3 Å². The molecular weight excluding hydrogens is 384 g/mol. The second kappa shape index (κ2) is 7.90. The predicted octanol–water partition coefficient (Wildman–Crippen LogP) is 4.41. The Bertz CT molecular complexity index is 854. The summed E-state index contributed by atoms with van der Waals surface area (Å²) in [5.74, 6) is 1.54. The summed E-state index contributed by atoms with van der Waals surface area (Å²) in [5, 5.41) is 14.5. The van der Waals surface area contributed by atoms with Gasteiger partial charge in [0.15, 0.2) is 6.20 Å². The van der Waals surface area contributed by atoms with E-state index in [1.165, 1.54) is 12.4 Å². The minimum absolute atomic E-state index is 0.450. The van der Waals surface area contributed by atoms with Crippen LogP contribution in [-0.4, -0.2) is 7.11 Å². The van der Waals surface area contributed by atoms with Crippen molar-refractivity contribution in [3.63, 3.8) is 0 Å². The number of methoxy groups -OCH3 is 1. The number of nitrogens with zero attached hydrogens (tertiary/aromatic N) is 1. The smallest absolute Gasteiger partial charge is 0.203 e. The van der Waals surface area contributed by atoms with E-state index >= 15 is 0 Å². The number of hydrogen-bond acceptors (Lipinski definition) is 4. The summed E-state index contributed by atoms with van der Waals surface area (Å²) < 4.78 is 12.7. The quantitative estimate of drug-likeness (QED) is 0.491. The van der Waals surface area contributed by atoms with Crippen LogP contribution in [-0.2, 0) is 6.61 Å². The van der Waals surface area contributed by atoms with E-state index in [0.717, 1.165) is 32.0 Å². The zero-order valence-electron chi connectivity index (χ0n) is 13.6. The molecule has 0 unspecified atom stereocenters. The average molecular weight is 401 g/mol. The molecule has 2 aromatic carbocycles. The van der Waals surface area contributed by atoms with Crippen LogP contribution in [0.1, 0.15) is 5.56 Å². The van der Waals surface area contributed by atoms with Crippen LogP contribution in [0.15, 0.2) is 71.5 Å². The molecule has 0 aliphatic rings. The fraction of sp³-hybridized carbons (Fsp3) is 0.105. The van der Waals surface area contributed by atoms with Crippen molar-refractivity contribution in [3.8, 4) is 11.5 Å². The fourth-order valence-electron chi connectivity index (χ4n) is 2.30. The van der Waals surface area contributed by atoms with Gasteiger partial charge in [-0.15, -0.1) is 0 Å². The standard InChI is InChI=1S/C19H17BrN2O3/c1-24-18-6-4-14(5-7-18)13-25-19-10-15(20)9-17(11-19)21-16-3-2-8-22(23)12-16/h2-12,21H,13H2,1H3. The number of rotatable bonds is 6. The van der Waals surface area contributed by atoms with Crippen LogP contribution in [0, 0.1) is 5.21 Å². The lowest BCUT2D eigenvalue weighted by molar-refractivity contribution is -0.604. The van der Waals surface area contributed by atoms with E-state index in [0.29, 0.717) is 12.3 Å². The molecule has 128 valence electrons. The first-order valence-corrected chi connectivity index (χ1v) is 8.44. The first-order valence-electron chi connectivity index (χ1n) is 7.64. The van der Waals surface area contributed by atoms with E-state index in [2.05, 4.69) is 21.2 Å². The van der Waals surface area contributed by atoms with Crippen molar-refractivity contribution in [2.24, 2.45) is 0 Å². The summed E-state index contributed by atoms with van der Waals surface area (Å²) in [4.78, 5) is 0. The molecule has 3 aromatic rings. The number of ether oxygens (including phenoxy) is 2. The largest absolute Gasteiger partial charge is 0.619 e. The van der Waals surface area contributed by atoms with E-state index in [9.17, 15) is 5.21 Å². The lowest BCUT2D eigenvalue weighted by Crippen LogP contribution is -2.24. The molecule has 6 heteroatoms. The zero-order chi connectivity index (χ0) is 17.6. The van der Waals surface area contributed by atoms with Gasteiger partial charge >= 0.3 is 0 Å². The van der Waals surface area contributed by atoms with Gasteiger partial charge in [0.2, 0.25) is 6.20 Å². The van der Waals surface area contributed by atoms with Gasteiger partial charge < -0.3 is 20.0 Å². The number of halogens is 1. The first-order chi connectivity index (χ1) is 12.1. The van der Waals surface area contributed by atoms with Gasteiger partial charge in [-0.2, -0.15) is 4.73 Å². The highest BCUT2D eigenvalue weighted by atomic mass is 79.9. The van der Waals surface area contributed by atoms with Gasteiger partial charge in [-0.3, -0.25) is 0 Å². The molecule has 1 aromatic heterocycles. The van der Waals surface area contributed by atoms with Gasteiger partial charge in [-0.1, -0.05) is 28.1 Å². The second-order valence-corrected chi connectivity index (χ2v) is 6.31. The van der Waals surface area contributed by atoms with Gasteiger partial charge in [0.25, 0.3) is 0 Å². The lowest BCUT2D eigenvalue weighted by atomic mass is 10.2. The van der Waals surface area contributed by atoms with E-state index in [-0.39, 0.29) is 0 Å². The minimum Gasteiger partial charge on any atom is -0.619 e. The van der Waals surface area contributed by atoms with E-state index < -0.39 is 0 Å². The normalized spacial score (nSPS) is 10.3. The lowest BCUT2D eigenvalue weighted by Gasteiger charge is -2.11. The van der Waals surface area contributed by atoms with Gasteiger partial charge in [0, 0.05) is 22.3 Å². The van der Waals surface area contributed by atoms with Crippen LogP contribution < -0.4 is 19.5 Å². The maximum atomic E-state index is 11.4. The Morgan fingerprint density at radius 3 is 2.56 bits per heavy atom. The summed E-state index contributed by atoms with van der Waals surface area (Å²) in [6, 6.07) is 17.0. The molecule has 0 saturated heterocycles. The third kappa shape index (κ3) is 4.87. The second-order valence-electron chi connectivity index (χ2n) is 5.39. The maximum Gasteiger partial charge on any atom is 0.203 e. The van der Waals surface area contributed by atoms with Gasteiger partial charge in [0.1, 0.15) is 23.8 Å².